The van der Waals surface area contributed by atoms with Crippen molar-refractivity contribution in [1.82, 2.24) is 0 Å². The van der Waals surface area contributed by atoms with Crippen molar-refractivity contribution in [2.45, 2.75) is 26.3 Å². The van der Waals surface area contributed by atoms with E-state index in [0.29, 0.717) is 12.3 Å². The summed E-state index contributed by atoms with van der Waals surface area (Å²) in [5.74, 6) is -0.204. The predicted molar refractivity (Wildman–Crippen MR) is 60.7 cm³/mol. The first-order valence-electron chi connectivity index (χ1n) is 5.15. The van der Waals surface area contributed by atoms with E-state index in [2.05, 4.69) is 5.32 Å². The number of anilines is 1. The Bertz CT molecular complexity index is 314. The Labute approximate surface area is 90.4 Å². The molecule has 15 heavy (non-hydrogen) atoms. The largest absolute Gasteiger partial charge is 0.385 e. The number of benzene rings is 1. The molecule has 0 spiro atoms. The summed E-state index contributed by atoms with van der Waals surface area (Å²) in [5.41, 5.74) is 1.62. The minimum atomic E-state index is -0.204. The third-order valence-corrected chi connectivity index (χ3v) is 2.28. The van der Waals surface area contributed by atoms with Crippen molar-refractivity contribution in [1.29, 1.82) is 0 Å². The van der Waals surface area contributed by atoms with E-state index in [9.17, 15) is 4.39 Å². The molecule has 1 unspecified atom stereocenters. The fraction of sp³-hybridized carbons (Fsp3) is 0.500. The molecule has 1 aromatic rings. The number of ether oxygens (including phenoxy) is 1. The minimum Gasteiger partial charge on any atom is -0.385 e. The summed E-state index contributed by atoms with van der Waals surface area (Å²) >= 11 is 0. The molecule has 3 heteroatoms. The first kappa shape index (κ1) is 12.0. The summed E-state index contributed by atoms with van der Waals surface area (Å²) < 4.78 is 18.3. The van der Waals surface area contributed by atoms with E-state index >= 15 is 0 Å². The monoisotopic (exact) mass is 211 g/mol. The van der Waals surface area contributed by atoms with Gasteiger partial charge in [0.2, 0.25) is 0 Å². The van der Waals surface area contributed by atoms with Gasteiger partial charge in [-0.25, -0.2) is 4.39 Å². The summed E-state index contributed by atoms with van der Waals surface area (Å²) in [6.07, 6.45) is 0.865. The van der Waals surface area contributed by atoms with Gasteiger partial charge in [-0.3, -0.25) is 0 Å². The maximum atomic E-state index is 13.4. The molecule has 0 bridgehead atoms. The van der Waals surface area contributed by atoms with Crippen LogP contribution in [0.15, 0.2) is 18.2 Å². The number of hydrogen-bond donors (Lipinski definition) is 1. The SMILES string of the molecule is COCCC(C)Nc1cc(C)ccc1F. The van der Waals surface area contributed by atoms with Crippen LogP contribution < -0.4 is 5.32 Å². The van der Waals surface area contributed by atoms with Crippen LogP contribution in [0, 0.1) is 12.7 Å². The van der Waals surface area contributed by atoms with Gasteiger partial charge < -0.3 is 10.1 Å². The van der Waals surface area contributed by atoms with Crippen molar-refractivity contribution < 1.29 is 9.13 Å². The zero-order valence-corrected chi connectivity index (χ0v) is 9.51. The van der Waals surface area contributed by atoms with Gasteiger partial charge in [0.05, 0.1) is 5.69 Å². The molecule has 0 aromatic heterocycles. The van der Waals surface area contributed by atoms with Crippen molar-refractivity contribution in [3.8, 4) is 0 Å². The average Bonchev–Trinajstić information content (AvgIpc) is 2.20. The molecule has 0 saturated heterocycles. The van der Waals surface area contributed by atoms with Gasteiger partial charge in [0.1, 0.15) is 5.82 Å². The van der Waals surface area contributed by atoms with Crippen LogP contribution in [0.25, 0.3) is 0 Å². The maximum Gasteiger partial charge on any atom is 0.146 e. The standard InChI is InChI=1S/C12H18FNO/c1-9-4-5-11(13)12(8-9)14-10(2)6-7-15-3/h4-5,8,10,14H,6-7H2,1-3H3. The molecule has 0 aliphatic rings. The Morgan fingerprint density at radius 1 is 1.47 bits per heavy atom. The van der Waals surface area contributed by atoms with Crippen LogP contribution in [0.1, 0.15) is 18.9 Å². The van der Waals surface area contributed by atoms with Gasteiger partial charge in [0.25, 0.3) is 0 Å². The lowest BCUT2D eigenvalue weighted by molar-refractivity contribution is 0.191. The Balaban J connectivity index is 2.59. The summed E-state index contributed by atoms with van der Waals surface area (Å²) in [5, 5.41) is 3.13. The number of nitrogens with one attached hydrogen (secondary N) is 1. The van der Waals surface area contributed by atoms with Crippen LogP contribution in [-0.4, -0.2) is 19.8 Å². The third-order valence-electron chi connectivity index (χ3n) is 2.28. The third kappa shape index (κ3) is 3.88. The molecule has 0 heterocycles. The van der Waals surface area contributed by atoms with Crippen LogP contribution in [0.5, 0.6) is 0 Å². The van der Waals surface area contributed by atoms with Crippen LogP contribution in [0.2, 0.25) is 0 Å². The summed E-state index contributed by atoms with van der Waals surface area (Å²) in [6, 6.07) is 5.28. The van der Waals surface area contributed by atoms with E-state index < -0.39 is 0 Å². The number of aryl methyl sites for hydroxylation is 1. The number of methoxy groups -OCH3 is 1. The van der Waals surface area contributed by atoms with E-state index in [1.54, 1.807) is 13.2 Å². The molecule has 0 amide bonds. The molecule has 1 atom stereocenters. The van der Waals surface area contributed by atoms with E-state index in [0.717, 1.165) is 12.0 Å². The lowest BCUT2D eigenvalue weighted by Crippen LogP contribution is -2.18. The van der Waals surface area contributed by atoms with E-state index in [1.165, 1.54) is 6.07 Å². The van der Waals surface area contributed by atoms with Gasteiger partial charge >= 0.3 is 0 Å². The molecular weight excluding hydrogens is 193 g/mol. The van der Waals surface area contributed by atoms with Gasteiger partial charge in [0.15, 0.2) is 0 Å². The molecule has 0 aliphatic carbocycles. The minimum absolute atomic E-state index is 0.204. The smallest absolute Gasteiger partial charge is 0.146 e. The quantitative estimate of drug-likeness (QED) is 0.808. The summed E-state index contributed by atoms with van der Waals surface area (Å²) in [6.45, 7) is 4.65. The highest BCUT2D eigenvalue weighted by Crippen LogP contribution is 2.17. The van der Waals surface area contributed by atoms with Gasteiger partial charge in [-0.05, 0) is 38.0 Å². The first-order valence-corrected chi connectivity index (χ1v) is 5.15. The highest BCUT2D eigenvalue weighted by Gasteiger charge is 2.06. The Kier molecular flexibility index (Phi) is 4.56. The summed E-state index contributed by atoms with van der Waals surface area (Å²) in [4.78, 5) is 0. The zero-order chi connectivity index (χ0) is 11.3. The first-order chi connectivity index (χ1) is 7.13. The second kappa shape index (κ2) is 5.71. The molecule has 1 N–H and O–H groups in total. The highest BCUT2D eigenvalue weighted by molar-refractivity contribution is 5.47. The average molecular weight is 211 g/mol. The molecule has 0 radical (unpaired) electrons. The summed E-state index contributed by atoms with van der Waals surface area (Å²) in [7, 11) is 1.67. The van der Waals surface area contributed by atoms with Crippen molar-refractivity contribution in [3.05, 3.63) is 29.6 Å². The Morgan fingerprint density at radius 2 is 2.20 bits per heavy atom. The van der Waals surface area contributed by atoms with Crippen molar-refractivity contribution in [2.75, 3.05) is 19.0 Å². The zero-order valence-electron chi connectivity index (χ0n) is 9.51. The molecule has 0 fully saturated rings. The van der Waals surface area contributed by atoms with Crippen LogP contribution in [0.4, 0.5) is 10.1 Å². The lowest BCUT2D eigenvalue weighted by Gasteiger charge is -2.15. The predicted octanol–water partition coefficient (Wildman–Crippen LogP) is 2.97. The van der Waals surface area contributed by atoms with Crippen LogP contribution in [-0.2, 0) is 4.74 Å². The fourth-order valence-electron chi connectivity index (χ4n) is 1.38. The molecule has 1 rings (SSSR count). The maximum absolute atomic E-state index is 13.4. The number of rotatable bonds is 5. The highest BCUT2D eigenvalue weighted by atomic mass is 19.1. The van der Waals surface area contributed by atoms with Gasteiger partial charge in [0, 0.05) is 19.8 Å². The van der Waals surface area contributed by atoms with E-state index in [1.807, 2.05) is 19.9 Å². The number of hydrogen-bond acceptors (Lipinski definition) is 2. The molecule has 1 aromatic carbocycles. The second-order valence-electron chi connectivity index (χ2n) is 3.81. The fourth-order valence-corrected chi connectivity index (χ4v) is 1.38. The van der Waals surface area contributed by atoms with Gasteiger partial charge in [-0.2, -0.15) is 0 Å². The van der Waals surface area contributed by atoms with Crippen molar-refractivity contribution in [3.63, 3.8) is 0 Å². The van der Waals surface area contributed by atoms with Crippen molar-refractivity contribution in [2.24, 2.45) is 0 Å². The van der Waals surface area contributed by atoms with E-state index in [-0.39, 0.29) is 11.9 Å². The van der Waals surface area contributed by atoms with E-state index in [4.69, 9.17) is 4.74 Å². The Hall–Kier alpha value is -1.09. The van der Waals surface area contributed by atoms with Gasteiger partial charge in [-0.15, -0.1) is 0 Å². The Morgan fingerprint density at radius 3 is 2.87 bits per heavy atom. The normalized spacial score (nSPS) is 12.5. The molecule has 0 aliphatic heterocycles. The lowest BCUT2D eigenvalue weighted by atomic mass is 10.2. The van der Waals surface area contributed by atoms with Crippen molar-refractivity contribution >= 4 is 5.69 Å². The molecule has 84 valence electrons. The molecule has 2 nitrogen and oxygen atoms in total. The van der Waals surface area contributed by atoms with Gasteiger partial charge in [-0.1, -0.05) is 6.07 Å². The van der Waals surface area contributed by atoms with Crippen LogP contribution >= 0.6 is 0 Å². The molecule has 0 saturated carbocycles. The number of halogens is 1. The topological polar surface area (TPSA) is 21.3 Å². The molecular formula is C12H18FNO. The second-order valence-corrected chi connectivity index (χ2v) is 3.81. The van der Waals surface area contributed by atoms with Crippen LogP contribution in [0.3, 0.4) is 0 Å².